The third kappa shape index (κ3) is 9.33. The maximum absolute atomic E-state index is 12.4. The third-order valence-corrected chi connectivity index (χ3v) is 4.68. The van der Waals surface area contributed by atoms with Crippen LogP contribution in [0.4, 0.5) is 0 Å². The van der Waals surface area contributed by atoms with E-state index in [1.54, 1.807) is 38.5 Å². The zero-order valence-corrected chi connectivity index (χ0v) is 17.6. The zero-order chi connectivity index (χ0) is 20.8. The number of esters is 2. The van der Waals surface area contributed by atoms with Crippen molar-refractivity contribution in [2.75, 3.05) is 40.6 Å². The van der Waals surface area contributed by atoms with Crippen molar-refractivity contribution in [1.29, 1.82) is 0 Å². The van der Waals surface area contributed by atoms with Gasteiger partial charge >= 0.3 is 11.9 Å². The van der Waals surface area contributed by atoms with Gasteiger partial charge in [0, 0.05) is 27.4 Å². The lowest BCUT2D eigenvalue weighted by atomic mass is 10.1. The van der Waals surface area contributed by atoms with E-state index < -0.39 is 11.9 Å². The van der Waals surface area contributed by atoms with Gasteiger partial charge < -0.3 is 18.9 Å². The Morgan fingerprint density at radius 3 is 1.43 bits per heavy atom. The molecule has 0 aliphatic rings. The summed E-state index contributed by atoms with van der Waals surface area (Å²) in [5, 5.41) is 0. The highest BCUT2D eigenvalue weighted by Crippen LogP contribution is 2.15. The summed E-state index contributed by atoms with van der Waals surface area (Å²) in [6.45, 7) is 6.17. The Labute approximate surface area is 168 Å². The number of hydrogen-bond donors (Lipinski definition) is 0. The minimum atomic E-state index is -0.500. The summed E-state index contributed by atoms with van der Waals surface area (Å²) in [5.41, 5.74) is 0.481. The van der Waals surface area contributed by atoms with Gasteiger partial charge in [-0.1, -0.05) is 26.0 Å². The van der Waals surface area contributed by atoms with Gasteiger partial charge in [0.1, 0.15) is 0 Å². The quantitative estimate of drug-likeness (QED) is 0.442. The lowest BCUT2D eigenvalue weighted by molar-refractivity contribution is 0.0431. The molecule has 2 atom stereocenters. The average Bonchev–Trinajstić information content (AvgIpc) is 2.70. The fourth-order valence-corrected chi connectivity index (χ4v) is 2.63. The largest absolute Gasteiger partial charge is 0.462 e. The van der Waals surface area contributed by atoms with Crippen molar-refractivity contribution in [3.8, 4) is 0 Å². The van der Waals surface area contributed by atoms with Crippen LogP contribution in [0.25, 0.3) is 0 Å². The van der Waals surface area contributed by atoms with E-state index in [9.17, 15) is 9.59 Å². The van der Waals surface area contributed by atoms with Crippen molar-refractivity contribution in [3.05, 3.63) is 35.4 Å². The molecular formula is C22H34O6. The highest BCUT2D eigenvalue weighted by Gasteiger charge is 2.19. The number of ether oxygens (including phenoxy) is 4. The van der Waals surface area contributed by atoms with Crippen molar-refractivity contribution < 1.29 is 28.5 Å². The lowest BCUT2D eigenvalue weighted by Gasteiger charge is -2.13. The lowest BCUT2D eigenvalue weighted by Crippen LogP contribution is -2.16. The smallest absolute Gasteiger partial charge is 0.339 e. The molecule has 0 N–H and O–H groups in total. The topological polar surface area (TPSA) is 71.1 Å². The van der Waals surface area contributed by atoms with Gasteiger partial charge in [0.15, 0.2) is 0 Å². The van der Waals surface area contributed by atoms with Gasteiger partial charge in [-0.05, 0) is 49.7 Å². The number of rotatable bonds is 14. The molecule has 1 rings (SSSR count). The molecule has 0 aliphatic heterocycles. The Hall–Kier alpha value is -1.92. The van der Waals surface area contributed by atoms with Gasteiger partial charge in [0.2, 0.25) is 0 Å². The van der Waals surface area contributed by atoms with Crippen molar-refractivity contribution in [2.45, 2.75) is 39.5 Å². The fraction of sp³-hybridized carbons (Fsp3) is 0.636. The number of hydrogen-bond acceptors (Lipinski definition) is 6. The second kappa shape index (κ2) is 14.1. The van der Waals surface area contributed by atoms with Crippen molar-refractivity contribution in [2.24, 2.45) is 11.8 Å². The van der Waals surface area contributed by atoms with E-state index in [1.807, 2.05) is 0 Å². The van der Waals surface area contributed by atoms with Crippen LogP contribution in [0, 0.1) is 11.8 Å². The van der Waals surface area contributed by atoms with E-state index in [4.69, 9.17) is 18.9 Å². The van der Waals surface area contributed by atoms with Crippen LogP contribution in [0.5, 0.6) is 0 Å². The molecule has 0 bridgehead atoms. The highest BCUT2D eigenvalue weighted by atomic mass is 16.5. The zero-order valence-electron chi connectivity index (χ0n) is 17.6. The van der Waals surface area contributed by atoms with Gasteiger partial charge in [-0.25, -0.2) is 9.59 Å². The third-order valence-electron chi connectivity index (χ3n) is 4.68. The van der Waals surface area contributed by atoms with E-state index in [0.717, 1.165) is 25.7 Å². The molecule has 6 nitrogen and oxygen atoms in total. The molecular weight excluding hydrogens is 360 g/mol. The van der Waals surface area contributed by atoms with Crippen LogP contribution in [0.1, 0.15) is 60.2 Å². The van der Waals surface area contributed by atoms with E-state index in [-0.39, 0.29) is 11.1 Å². The summed E-state index contributed by atoms with van der Waals surface area (Å²) in [6.07, 6.45) is 3.34. The van der Waals surface area contributed by atoms with Crippen LogP contribution in [-0.2, 0) is 18.9 Å². The Morgan fingerprint density at radius 2 is 1.07 bits per heavy atom. The van der Waals surface area contributed by atoms with Gasteiger partial charge in [-0.2, -0.15) is 0 Å². The summed E-state index contributed by atoms with van der Waals surface area (Å²) >= 11 is 0. The molecule has 0 heterocycles. The Bertz CT molecular complexity index is 535. The van der Waals surface area contributed by atoms with Crippen LogP contribution >= 0.6 is 0 Å². The standard InChI is InChI=1S/C22H34O6/c1-17(9-13-25-3)11-15-27-21(23)19-7-5-6-8-20(19)22(24)28-16-12-18(2)10-14-26-4/h5-8,17-18H,9-16H2,1-4H3. The summed E-state index contributed by atoms with van der Waals surface area (Å²) < 4.78 is 20.8. The first-order valence-electron chi connectivity index (χ1n) is 9.90. The summed E-state index contributed by atoms with van der Waals surface area (Å²) in [6, 6.07) is 6.60. The number of carbonyl (C=O) groups is 2. The van der Waals surface area contributed by atoms with Crippen LogP contribution in [0.15, 0.2) is 24.3 Å². The molecule has 0 saturated carbocycles. The summed E-state index contributed by atoms with van der Waals surface area (Å²) in [4.78, 5) is 24.8. The van der Waals surface area contributed by atoms with Crippen molar-refractivity contribution in [3.63, 3.8) is 0 Å². The first-order valence-corrected chi connectivity index (χ1v) is 9.90. The van der Waals surface area contributed by atoms with Crippen LogP contribution < -0.4 is 0 Å². The van der Waals surface area contributed by atoms with Gasteiger partial charge in [-0.15, -0.1) is 0 Å². The van der Waals surface area contributed by atoms with Crippen molar-refractivity contribution in [1.82, 2.24) is 0 Å². The maximum Gasteiger partial charge on any atom is 0.339 e. The number of methoxy groups -OCH3 is 2. The first-order chi connectivity index (χ1) is 13.5. The Morgan fingerprint density at radius 1 is 0.714 bits per heavy atom. The van der Waals surface area contributed by atoms with Crippen LogP contribution in [0.2, 0.25) is 0 Å². The molecule has 6 heteroatoms. The molecule has 0 fully saturated rings. The van der Waals surface area contributed by atoms with Crippen LogP contribution in [0.3, 0.4) is 0 Å². The molecule has 158 valence electrons. The van der Waals surface area contributed by atoms with E-state index in [1.165, 1.54) is 0 Å². The molecule has 1 aromatic rings. The SMILES string of the molecule is COCCC(C)CCOC(=O)c1ccccc1C(=O)OCCC(C)CCOC. The van der Waals surface area contributed by atoms with E-state index in [2.05, 4.69) is 13.8 Å². The summed E-state index contributed by atoms with van der Waals surface area (Å²) in [7, 11) is 3.34. The predicted molar refractivity (Wildman–Crippen MR) is 108 cm³/mol. The molecule has 0 aliphatic carbocycles. The summed E-state index contributed by atoms with van der Waals surface area (Å²) in [5.74, 6) is -0.207. The number of benzene rings is 1. The molecule has 1 aromatic carbocycles. The predicted octanol–water partition coefficient (Wildman–Crippen LogP) is 4.13. The average molecular weight is 395 g/mol. The maximum atomic E-state index is 12.4. The first kappa shape index (κ1) is 24.1. The second-order valence-electron chi connectivity index (χ2n) is 7.17. The Kier molecular flexibility index (Phi) is 12.2. The van der Waals surface area contributed by atoms with Gasteiger partial charge in [-0.3, -0.25) is 0 Å². The highest BCUT2D eigenvalue weighted by molar-refractivity contribution is 6.03. The van der Waals surface area contributed by atoms with Gasteiger partial charge in [0.25, 0.3) is 0 Å². The second-order valence-corrected chi connectivity index (χ2v) is 7.17. The minimum Gasteiger partial charge on any atom is -0.462 e. The van der Waals surface area contributed by atoms with E-state index in [0.29, 0.717) is 38.3 Å². The Balaban J connectivity index is 2.51. The molecule has 0 aromatic heterocycles. The van der Waals surface area contributed by atoms with Crippen LogP contribution in [-0.4, -0.2) is 52.6 Å². The molecule has 0 saturated heterocycles. The monoisotopic (exact) mass is 394 g/mol. The molecule has 0 amide bonds. The molecule has 0 spiro atoms. The van der Waals surface area contributed by atoms with E-state index >= 15 is 0 Å². The number of carbonyl (C=O) groups excluding carboxylic acids is 2. The molecule has 2 unspecified atom stereocenters. The minimum absolute atomic E-state index is 0.240. The molecule has 0 radical (unpaired) electrons. The fourth-order valence-electron chi connectivity index (χ4n) is 2.63. The molecule has 28 heavy (non-hydrogen) atoms. The van der Waals surface area contributed by atoms with Gasteiger partial charge in [0.05, 0.1) is 24.3 Å². The van der Waals surface area contributed by atoms with Crippen molar-refractivity contribution >= 4 is 11.9 Å². The normalized spacial score (nSPS) is 13.0.